The van der Waals surface area contributed by atoms with Crippen LogP contribution in [0.4, 0.5) is 0 Å². The van der Waals surface area contributed by atoms with Crippen LogP contribution in [0.2, 0.25) is 0 Å². The molecule has 12 heteroatoms. The number of benzene rings is 1. The van der Waals surface area contributed by atoms with Gasteiger partial charge in [0.1, 0.15) is 18.1 Å². The molecule has 39 heavy (non-hydrogen) atoms. The molecule has 2 aromatic rings. The number of fused-ring (bicyclic) bond motifs is 1. The molecule has 0 radical (unpaired) electrons. The van der Waals surface area contributed by atoms with E-state index in [0.29, 0.717) is 19.4 Å². The molecular formula is C27H38N6O6. The molecule has 1 saturated heterocycles. The van der Waals surface area contributed by atoms with E-state index in [2.05, 4.69) is 26.3 Å². The molecule has 8 N–H and O–H groups in total. The van der Waals surface area contributed by atoms with Gasteiger partial charge in [0, 0.05) is 29.9 Å². The Kier molecular flexibility index (Phi) is 10.4. The van der Waals surface area contributed by atoms with Gasteiger partial charge in [0.05, 0.1) is 6.04 Å². The van der Waals surface area contributed by atoms with Crippen molar-refractivity contribution in [1.29, 1.82) is 0 Å². The molecule has 1 aliphatic heterocycles. The van der Waals surface area contributed by atoms with Crippen molar-refractivity contribution in [2.45, 2.75) is 76.5 Å². The maximum atomic E-state index is 13.6. The Labute approximate surface area is 226 Å². The van der Waals surface area contributed by atoms with Crippen molar-refractivity contribution in [1.82, 2.24) is 26.3 Å². The van der Waals surface area contributed by atoms with Gasteiger partial charge < -0.3 is 37.1 Å². The van der Waals surface area contributed by atoms with E-state index in [9.17, 15) is 29.1 Å². The quantitative estimate of drug-likeness (QED) is 0.178. The second kappa shape index (κ2) is 13.7. The maximum absolute atomic E-state index is 13.6. The van der Waals surface area contributed by atoms with E-state index >= 15 is 0 Å². The van der Waals surface area contributed by atoms with Crippen LogP contribution in [-0.4, -0.2) is 70.4 Å². The van der Waals surface area contributed by atoms with Crippen LogP contribution in [0.15, 0.2) is 30.5 Å². The van der Waals surface area contributed by atoms with Crippen molar-refractivity contribution < 1.29 is 29.1 Å². The predicted octanol–water partition coefficient (Wildman–Crippen LogP) is 0.313. The highest BCUT2D eigenvalue weighted by atomic mass is 16.4. The molecule has 12 nitrogen and oxygen atoms in total. The van der Waals surface area contributed by atoms with Gasteiger partial charge in [-0.1, -0.05) is 38.5 Å². The molecule has 5 atom stereocenters. The van der Waals surface area contributed by atoms with Crippen LogP contribution in [0.3, 0.4) is 0 Å². The summed E-state index contributed by atoms with van der Waals surface area (Å²) in [7, 11) is 0. The minimum Gasteiger partial charge on any atom is -0.480 e. The zero-order valence-electron chi connectivity index (χ0n) is 22.3. The van der Waals surface area contributed by atoms with Gasteiger partial charge in [-0.2, -0.15) is 0 Å². The Hall–Kier alpha value is -3.93. The van der Waals surface area contributed by atoms with E-state index in [-0.39, 0.29) is 31.1 Å². The van der Waals surface area contributed by atoms with E-state index < -0.39 is 47.9 Å². The summed E-state index contributed by atoms with van der Waals surface area (Å²) in [5.74, 6) is -3.94. The smallest absolute Gasteiger partial charge is 0.326 e. The van der Waals surface area contributed by atoms with E-state index in [1.165, 1.54) is 0 Å². The number of hydrogen-bond donors (Lipinski definition) is 7. The summed E-state index contributed by atoms with van der Waals surface area (Å²) in [5, 5.41) is 21.5. The molecule has 2 heterocycles. The minimum absolute atomic E-state index is 0.127. The van der Waals surface area contributed by atoms with Crippen LogP contribution in [-0.2, 0) is 30.4 Å². The average Bonchev–Trinajstić information content (AvgIpc) is 3.59. The predicted molar refractivity (Wildman–Crippen MR) is 144 cm³/mol. The molecule has 5 unspecified atom stereocenters. The molecule has 0 aliphatic carbocycles. The molecule has 0 spiro atoms. The number of nitrogens with two attached hydrogens (primary N) is 1. The zero-order chi connectivity index (χ0) is 28.5. The number of para-hydroxylation sites is 1. The number of carbonyl (C=O) groups excluding carboxylic acids is 4. The fourth-order valence-electron chi connectivity index (χ4n) is 4.68. The van der Waals surface area contributed by atoms with E-state index in [4.69, 9.17) is 5.73 Å². The number of hydrogen-bond acceptors (Lipinski definition) is 6. The van der Waals surface area contributed by atoms with E-state index in [1.54, 1.807) is 20.0 Å². The Morgan fingerprint density at radius 2 is 1.79 bits per heavy atom. The number of carbonyl (C=O) groups is 5. The van der Waals surface area contributed by atoms with E-state index in [1.807, 2.05) is 24.3 Å². The second-order valence-corrected chi connectivity index (χ2v) is 10.0. The highest BCUT2D eigenvalue weighted by molar-refractivity contribution is 5.95. The van der Waals surface area contributed by atoms with Crippen molar-refractivity contribution in [2.24, 2.45) is 11.7 Å². The molecular weight excluding hydrogens is 504 g/mol. The zero-order valence-corrected chi connectivity index (χ0v) is 22.3. The number of primary amides is 1. The number of rotatable bonds is 14. The number of carboxylic acid groups (broad SMARTS) is 1. The van der Waals surface area contributed by atoms with Gasteiger partial charge in [-0.3, -0.25) is 19.2 Å². The largest absolute Gasteiger partial charge is 0.480 e. The number of amides is 4. The third kappa shape index (κ3) is 8.03. The topological polar surface area (TPSA) is 196 Å². The molecule has 212 valence electrons. The highest BCUT2D eigenvalue weighted by Crippen LogP contribution is 2.20. The van der Waals surface area contributed by atoms with Crippen LogP contribution in [0.25, 0.3) is 10.9 Å². The van der Waals surface area contributed by atoms with Crippen molar-refractivity contribution in [3.8, 4) is 0 Å². The van der Waals surface area contributed by atoms with Gasteiger partial charge in [0.15, 0.2) is 0 Å². The molecule has 1 fully saturated rings. The lowest BCUT2D eigenvalue weighted by molar-refractivity contribution is -0.144. The summed E-state index contributed by atoms with van der Waals surface area (Å²) >= 11 is 0. The summed E-state index contributed by atoms with van der Waals surface area (Å²) < 4.78 is 0. The maximum Gasteiger partial charge on any atom is 0.326 e. The molecule has 4 amide bonds. The SMILES string of the molecule is CCC(C)C(NC(=O)C(CCC(N)=O)NC(=O)C(Cc1c[nH]c2ccccc12)NC(=O)C1CCCN1)C(=O)O. The van der Waals surface area contributed by atoms with Gasteiger partial charge in [-0.05, 0) is 43.4 Å². The fourth-order valence-corrected chi connectivity index (χ4v) is 4.68. The molecule has 3 rings (SSSR count). The first kappa shape index (κ1) is 29.6. The number of carboxylic acids is 1. The van der Waals surface area contributed by atoms with Crippen LogP contribution in [0.1, 0.15) is 51.5 Å². The first-order valence-corrected chi connectivity index (χ1v) is 13.3. The first-order valence-electron chi connectivity index (χ1n) is 13.3. The summed E-state index contributed by atoms with van der Waals surface area (Å²) in [4.78, 5) is 66.0. The summed E-state index contributed by atoms with van der Waals surface area (Å²) in [5.41, 5.74) is 6.96. The summed E-state index contributed by atoms with van der Waals surface area (Å²) in [6, 6.07) is 3.68. The Balaban J connectivity index is 1.83. The fraction of sp³-hybridized carbons (Fsp3) is 0.519. The number of aliphatic carboxylic acids is 1. The number of nitrogens with one attached hydrogen (secondary N) is 5. The van der Waals surface area contributed by atoms with Gasteiger partial charge in [0.25, 0.3) is 0 Å². The van der Waals surface area contributed by atoms with Crippen LogP contribution in [0.5, 0.6) is 0 Å². The highest BCUT2D eigenvalue weighted by Gasteiger charge is 2.33. The molecule has 0 bridgehead atoms. The Bertz CT molecular complexity index is 1190. The van der Waals surface area contributed by atoms with Crippen molar-refractivity contribution in [2.75, 3.05) is 6.54 Å². The van der Waals surface area contributed by atoms with E-state index in [0.717, 1.165) is 22.9 Å². The molecule has 0 saturated carbocycles. The normalized spacial score (nSPS) is 18.1. The van der Waals surface area contributed by atoms with Gasteiger partial charge in [0.2, 0.25) is 23.6 Å². The average molecular weight is 543 g/mol. The van der Waals surface area contributed by atoms with Crippen molar-refractivity contribution in [3.05, 3.63) is 36.0 Å². The van der Waals surface area contributed by atoms with Gasteiger partial charge in [-0.15, -0.1) is 0 Å². The minimum atomic E-state index is -1.23. The number of H-pyrrole nitrogens is 1. The van der Waals surface area contributed by atoms with Crippen molar-refractivity contribution in [3.63, 3.8) is 0 Å². The molecule has 1 aromatic carbocycles. The monoisotopic (exact) mass is 542 g/mol. The Morgan fingerprint density at radius 1 is 1.08 bits per heavy atom. The standard InChI is InChI=1S/C27H38N6O6/c1-3-15(2)23(27(38)39)33-25(36)20(10-11-22(28)34)31-26(37)21(32-24(35)19-9-6-12-29-19)13-16-14-30-18-8-5-4-7-17(16)18/h4-5,7-8,14-15,19-21,23,29-30H,3,6,9-13H2,1-2H3,(H2,28,34)(H,31,37)(H,32,35)(H,33,36)(H,38,39). The first-order chi connectivity index (χ1) is 18.6. The third-order valence-corrected chi connectivity index (χ3v) is 7.20. The number of aromatic amines is 1. The summed E-state index contributed by atoms with van der Waals surface area (Å²) in [6.07, 6.45) is 3.57. The van der Waals surface area contributed by atoms with Gasteiger partial charge >= 0.3 is 5.97 Å². The number of aromatic nitrogens is 1. The lowest BCUT2D eigenvalue weighted by Crippen LogP contribution is -2.58. The van der Waals surface area contributed by atoms with Crippen molar-refractivity contribution >= 4 is 40.5 Å². The molecule has 1 aliphatic rings. The third-order valence-electron chi connectivity index (χ3n) is 7.20. The van der Waals surface area contributed by atoms with Crippen LogP contribution in [0, 0.1) is 5.92 Å². The molecule has 1 aromatic heterocycles. The second-order valence-electron chi connectivity index (χ2n) is 10.0. The van der Waals surface area contributed by atoms with Crippen LogP contribution < -0.4 is 27.0 Å². The lowest BCUT2D eigenvalue weighted by atomic mass is 9.98. The lowest BCUT2D eigenvalue weighted by Gasteiger charge is -2.26. The van der Waals surface area contributed by atoms with Gasteiger partial charge in [-0.25, -0.2) is 4.79 Å². The van der Waals surface area contributed by atoms with Crippen LogP contribution >= 0.6 is 0 Å². The Morgan fingerprint density at radius 3 is 2.44 bits per heavy atom. The summed E-state index contributed by atoms with van der Waals surface area (Å²) in [6.45, 7) is 4.20.